The maximum atomic E-state index is 12.9. The minimum atomic E-state index is -4.50. The van der Waals surface area contributed by atoms with Gasteiger partial charge in [0.2, 0.25) is 0 Å². The van der Waals surface area contributed by atoms with Crippen molar-refractivity contribution in [3.63, 3.8) is 0 Å². The average Bonchev–Trinajstić information content (AvgIpc) is 3.02. The highest BCUT2D eigenvalue weighted by Gasteiger charge is 2.32. The van der Waals surface area contributed by atoms with Crippen LogP contribution in [0.1, 0.15) is 5.56 Å². The van der Waals surface area contributed by atoms with Gasteiger partial charge in [-0.25, -0.2) is 0 Å². The highest BCUT2D eigenvalue weighted by Crippen LogP contribution is 2.33. The molecule has 10 heteroatoms. The largest absolute Gasteiger partial charge is 0.497 e. The second-order valence-corrected chi connectivity index (χ2v) is 6.59. The van der Waals surface area contributed by atoms with Crippen molar-refractivity contribution in [1.82, 2.24) is 14.6 Å². The number of thioether (sulfide) groups is 1. The van der Waals surface area contributed by atoms with Crippen LogP contribution in [0.2, 0.25) is 5.02 Å². The van der Waals surface area contributed by atoms with Crippen molar-refractivity contribution in [2.45, 2.75) is 11.3 Å². The monoisotopic (exact) mass is 403 g/mol. The summed E-state index contributed by atoms with van der Waals surface area (Å²) in [7, 11) is 1.58. The zero-order chi connectivity index (χ0) is 18.7. The Morgan fingerprint density at radius 1 is 1.15 bits per heavy atom. The lowest BCUT2D eigenvalue weighted by Gasteiger charge is -2.09. The molecule has 0 unspecified atom stereocenters. The van der Waals surface area contributed by atoms with E-state index in [2.05, 4.69) is 10.2 Å². The Kier molecular flexibility index (Phi) is 5.47. The molecule has 0 fully saturated rings. The lowest BCUT2D eigenvalue weighted by molar-refractivity contribution is -0.137. The van der Waals surface area contributed by atoms with Crippen molar-refractivity contribution in [1.29, 1.82) is 0 Å². The molecule has 0 bridgehead atoms. The van der Waals surface area contributed by atoms with E-state index in [9.17, 15) is 13.2 Å². The predicted molar refractivity (Wildman–Crippen MR) is 92.2 cm³/mol. The lowest BCUT2D eigenvalue weighted by atomic mass is 10.3. The van der Waals surface area contributed by atoms with E-state index in [-0.39, 0.29) is 10.7 Å². The third-order valence-electron chi connectivity index (χ3n) is 3.40. The molecule has 0 spiro atoms. The molecule has 138 valence electrons. The van der Waals surface area contributed by atoms with Gasteiger partial charge in [-0.3, -0.25) is 4.40 Å². The van der Waals surface area contributed by atoms with Gasteiger partial charge in [-0.05, 0) is 30.3 Å². The fourth-order valence-corrected chi connectivity index (χ4v) is 3.12. The van der Waals surface area contributed by atoms with Crippen molar-refractivity contribution in [2.24, 2.45) is 0 Å². The molecule has 0 aliphatic carbocycles. The van der Waals surface area contributed by atoms with Crippen LogP contribution >= 0.6 is 23.4 Å². The number of benzene rings is 1. The minimum absolute atomic E-state index is 0.103. The van der Waals surface area contributed by atoms with Crippen molar-refractivity contribution >= 4 is 29.0 Å². The number of rotatable bonds is 6. The first-order valence-electron chi connectivity index (χ1n) is 7.39. The van der Waals surface area contributed by atoms with E-state index < -0.39 is 11.7 Å². The summed E-state index contributed by atoms with van der Waals surface area (Å²) in [6.45, 7) is 0.346. The Hall–Kier alpha value is -2.13. The van der Waals surface area contributed by atoms with Crippen molar-refractivity contribution in [2.75, 3.05) is 19.5 Å². The minimum Gasteiger partial charge on any atom is -0.497 e. The maximum Gasteiger partial charge on any atom is 0.417 e. The summed E-state index contributed by atoms with van der Waals surface area (Å²) in [5.41, 5.74) is -0.677. The van der Waals surface area contributed by atoms with Crippen LogP contribution in [0.15, 0.2) is 41.7 Å². The van der Waals surface area contributed by atoms with Gasteiger partial charge in [-0.2, -0.15) is 13.2 Å². The Morgan fingerprint density at radius 3 is 2.50 bits per heavy atom. The fourth-order valence-electron chi connectivity index (χ4n) is 2.15. The van der Waals surface area contributed by atoms with Gasteiger partial charge in [0.15, 0.2) is 10.8 Å². The van der Waals surface area contributed by atoms with Crippen LogP contribution in [0.5, 0.6) is 11.5 Å². The van der Waals surface area contributed by atoms with Crippen LogP contribution in [0.3, 0.4) is 0 Å². The number of fused-ring (bicyclic) bond motifs is 1. The molecular weight excluding hydrogens is 391 g/mol. The number of ether oxygens (including phenoxy) is 2. The van der Waals surface area contributed by atoms with Crippen LogP contribution < -0.4 is 9.47 Å². The van der Waals surface area contributed by atoms with Gasteiger partial charge in [0.1, 0.15) is 11.5 Å². The smallest absolute Gasteiger partial charge is 0.417 e. The summed E-state index contributed by atoms with van der Waals surface area (Å²) >= 11 is 7.11. The van der Waals surface area contributed by atoms with Crippen molar-refractivity contribution in [3.8, 4) is 11.5 Å². The van der Waals surface area contributed by atoms with Crippen LogP contribution in [0.25, 0.3) is 5.65 Å². The van der Waals surface area contributed by atoms with Crippen molar-refractivity contribution < 1.29 is 22.6 Å². The van der Waals surface area contributed by atoms with Crippen LogP contribution in [0, 0.1) is 0 Å². The molecule has 0 aliphatic rings. The van der Waals surface area contributed by atoms with Gasteiger partial charge in [0, 0.05) is 11.9 Å². The fraction of sp³-hybridized carbons (Fsp3) is 0.250. The van der Waals surface area contributed by atoms with Crippen LogP contribution in [0.4, 0.5) is 13.2 Å². The number of hydrogen-bond donors (Lipinski definition) is 0. The number of hydrogen-bond acceptors (Lipinski definition) is 5. The first-order valence-corrected chi connectivity index (χ1v) is 8.76. The van der Waals surface area contributed by atoms with Gasteiger partial charge in [-0.15, -0.1) is 10.2 Å². The van der Waals surface area contributed by atoms with Gasteiger partial charge < -0.3 is 9.47 Å². The molecule has 0 N–H and O–H groups in total. The summed E-state index contributed by atoms with van der Waals surface area (Å²) in [5, 5.41) is 7.94. The maximum absolute atomic E-state index is 12.9. The van der Waals surface area contributed by atoms with Gasteiger partial charge >= 0.3 is 6.18 Å². The molecule has 0 aliphatic heterocycles. The van der Waals surface area contributed by atoms with E-state index in [0.29, 0.717) is 23.3 Å². The van der Waals surface area contributed by atoms with E-state index >= 15 is 0 Å². The summed E-state index contributed by atoms with van der Waals surface area (Å²) < 4.78 is 50.7. The molecule has 2 aromatic heterocycles. The third kappa shape index (κ3) is 4.16. The quantitative estimate of drug-likeness (QED) is 0.445. The molecule has 0 saturated heterocycles. The number of nitrogens with zero attached hydrogens (tertiary/aromatic N) is 3. The zero-order valence-corrected chi connectivity index (χ0v) is 15.0. The third-order valence-corrected chi connectivity index (χ3v) is 4.58. The molecule has 0 radical (unpaired) electrons. The first kappa shape index (κ1) is 18.7. The molecule has 26 heavy (non-hydrogen) atoms. The zero-order valence-electron chi connectivity index (χ0n) is 13.5. The van der Waals surface area contributed by atoms with E-state index in [4.69, 9.17) is 21.1 Å². The second kappa shape index (κ2) is 7.63. The molecule has 1 aromatic carbocycles. The average molecular weight is 404 g/mol. The predicted octanol–water partition coefficient (Wildman–Crippen LogP) is 4.58. The summed E-state index contributed by atoms with van der Waals surface area (Å²) in [5.74, 6) is 1.86. The molecular formula is C16H13ClF3N3O2S. The lowest BCUT2D eigenvalue weighted by Crippen LogP contribution is -2.07. The summed E-state index contributed by atoms with van der Waals surface area (Å²) in [4.78, 5) is 0. The Bertz CT molecular complexity index is 900. The number of halogens is 4. The molecule has 5 nitrogen and oxygen atoms in total. The van der Waals surface area contributed by atoms with Crippen LogP contribution in [-0.4, -0.2) is 34.1 Å². The van der Waals surface area contributed by atoms with E-state index in [1.807, 2.05) is 0 Å². The first-order chi connectivity index (χ1) is 12.4. The highest BCUT2D eigenvalue weighted by atomic mass is 35.5. The number of aromatic nitrogens is 3. The van der Waals surface area contributed by atoms with E-state index in [1.54, 1.807) is 31.4 Å². The molecule has 0 atom stereocenters. The van der Waals surface area contributed by atoms with Crippen LogP contribution in [-0.2, 0) is 6.18 Å². The Morgan fingerprint density at radius 2 is 1.85 bits per heavy atom. The Balaban J connectivity index is 1.66. The molecule has 3 rings (SSSR count). The topological polar surface area (TPSA) is 48.7 Å². The van der Waals surface area contributed by atoms with Crippen molar-refractivity contribution in [3.05, 3.63) is 47.1 Å². The number of pyridine rings is 1. The summed E-state index contributed by atoms with van der Waals surface area (Å²) in [6.07, 6.45) is -3.56. The number of alkyl halides is 3. The Labute approximate surface area is 156 Å². The molecule has 0 saturated carbocycles. The molecule has 3 aromatic rings. The van der Waals surface area contributed by atoms with Gasteiger partial charge in [-0.1, -0.05) is 23.4 Å². The standard InChI is InChI=1S/C16H13ClF3N3O2S/c1-24-11-2-4-12(5-3-11)25-6-7-26-15-22-21-14-13(17)8-10(9-23(14)15)16(18,19)20/h2-5,8-9H,6-7H2,1H3. The SMILES string of the molecule is COc1ccc(OCCSc2nnc3c(Cl)cc(C(F)(F)F)cn23)cc1. The van der Waals surface area contributed by atoms with E-state index in [0.717, 1.165) is 18.0 Å². The van der Waals surface area contributed by atoms with E-state index in [1.165, 1.54) is 16.2 Å². The normalized spacial score (nSPS) is 11.7. The molecule has 0 amide bonds. The number of methoxy groups -OCH3 is 1. The van der Waals surface area contributed by atoms with Gasteiger partial charge in [0.25, 0.3) is 0 Å². The highest BCUT2D eigenvalue weighted by molar-refractivity contribution is 7.99. The molecule has 2 heterocycles. The van der Waals surface area contributed by atoms with Gasteiger partial charge in [0.05, 0.1) is 24.3 Å². The second-order valence-electron chi connectivity index (χ2n) is 5.12. The summed E-state index contributed by atoms with van der Waals surface area (Å²) in [6, 6.07) is 7.92.